The van der Waals surface area contributed by atoms with E-state index in [9.17, 15) is 4.79 Å². The van der Waals surface area contributed by atoms with Crippen molar-refractivity contribution in [1.29, 1.82) is 5.26 Å². The standard InChI is InChI=1S/C20H27N3O2/c1-2-3-5-15-7-9-16(10-8-15)20(24)23-13-18(14-23)25-19-17(12-21)6-4-11-22-19/h4,6,11,15-16,18H,2-3,5,7-10,13-14H2,1H3. The van der Waals surface area contributed by atoms with Gasteiger partial charge in [-0.05, 0) is 43.7 Å². The Morgan fingerprint density at radius 2 is 2.12 bits per heavy atom. The third-order valence-corrected chi connectivity index (χ3v) is 5.49. The zero-order valence-electron chi connectivity index (χ0n) is 15.0. The number of nitrogens with zero attached hydrogens (tertiary/aromatic N) is 3. The average Bonchev–Trinajstić information content (AvgIpc) is 2.63. The summed E-state index contributed by atoms with van der Waals surface area (Å²) in [5, 5.41) is 9.07. The van der Waals surface area contributed by atoms with E-state index in [1.807, 2.05) is 4.90 Å². The first kappa shape index (κ1) is 17.7. The number of pyridine rings is 1. The van der Waals surface area contributed by atoms with Crippen LogP contribution in [-0.4, -0.2) is 35.0 Å². The summed E-state index contributed by atoms with van der Waals surface area (Å²) in [6.07, 6.45) is 9.93. The second-order valence-corrected chi connectivity index (χ2v) is 7.31. The third kappa shape index (κ3) is 4.31. The number of carbonyl (C=O) groups is 1. The van der Waals surface area contributed by atoms with Gasteiger partial charge in [-0.3, -0.25) is 4.79 Å². The van der Waals surface area contributed by atoms with E-state index < -0.39 is 0 Å². The van der Waals surface area contributed by atoms with Gasteiger partial charge < -0.3 is 9.64 Å². The first-order valence-corrected chi connectivity index (χ1v) is 9.51. The van der Waals surface area contributed by atoms with Gasteiger partial charge in [0.2, 0.25) is 11.8 Å². The van der Waals surface area contributed by atoms with E-state index in [2.05, 4.69) is 18.0 Å². The minimum atomic E-state index is -0.0492. The minimum Gasteiger partial charge on any atom is -0.470 e. The summed E-state index contributed by atoms with van der Waals surface area (Å²) >= 11 is 0. The largest absolute Gasteiger partial charge is 0.470 e. The van der Waals surface area contributed by atoms with Gasteiger partial charge in [0.25, 0.3) is 0 Å². The molecular weight excluding hydrogens is 314 g/mol. The van der Waals surface area contributed by atoms with E-state index in [1.165, 1.54) is 32.1 Å². The second-order valence-electron chi connectivity index (χ2n) is 7.31. The highest BCUT2D eigenvalue weighted by molar-refractivity contribution is 5.79. The number of amides is 1. The third-order valence-electron chi connectivity index (χ3n) is 5.49. The van der Waals surface area contributed by atoms with Crippen molar-refractivity contribution in [3.8, 4) is 11.9 Å². The molecule has 0 N–H and O–H groups in total. The maximum atomic E-state index is 12.6. The molecule has 0 bridgehead atoms. The van der Waals surface area contributed by atoms with Crippen molar-refractivity contribution in [2.24, 2.45) is 11.8 Å². The summed E-state index contributed by atoms with van der Waals surface area (Å²) in [4.78, 5) is 18.6. The lowest BCUT2D eigenvalue weighted by molar-refractivity contribution is -0.146. The van der Waals surface area contributed by atoms with Crippen molar-refractivity contribution in [3.63, 3.8) is 0 Å². The number of likely N-dealkylation sites (tertiary alicyclic amines) is 1. The number of unbranched alkanes of at least 4 members (excludes halogenated alkanes) is 1. The molecule has 0 radical (unpaired) electrons. The van der Waals surface area contributed by atoms with Crippen LogP contribution in [0.4, 0.5) is 0 Å². The predicted molar refractivity (Wildman–Crippen MR) is 94.9 cm³/mol. The second kappa shape index (κ2) is 8.33. The van der Waals surface area contributed by atoms with E-state index in [0.717, 1.165) is 18.8 Å². The Hall–Kier alpha value is -2.09. The average molecular weight is 341 g/mol. The Bertz CT molecular complexity index is 626. The van der Waals surface area contributed by atoms with Crippen molar-refractivity contribution in [2.75, 3.05) is 13.1 Å². The van der Waals surface area contributed by atoms with Crippen LogP contribution in [0.2, 0.25) is 0 Å². The molecule has 1 aliphatic heterocycles. The maximum Gasteiger partial charge on any atom is 0.232 e. The molecule has 2 heterocycles. The van der Waals surface area contributed by atoms with Crippen LogP contribution in [0, 0.1) is 23.2 Å². The van der Waals surface area contributed by atoms with Crippen LogP contribution in [0.15, 0.2) is 18.3 Å². The molecule has 0 spiro atoms. The van der Waals surface area contributed by atoms with Crippen LogP contribution < -0.4 is 4.74 Å². The number of nitriles is 1. The number of aromatic nitrogens is 1. The number of rotatable bonds is 6. The zero-order valence-corrected chi connectivity index (χ0v) is 15.0. The topological polar surface area (TPSA) is 66.2 Å². The van der Waals surface area contributed by atoms with Gasteiger partial charge in [0, 0.05) is 12.1 Å². The summed E-state index contributed by atoms with van der Waals surface area (Å²) in [5.74, 6) is 1.68. The minimum absolute atomic E-state index is 0.0492. The highest BCUT2D eigenvalue weighted by Crippen LogP contribution is 2.34. The molecule has 134 valence electrons. The molecule has 0 aromatic carbocycles. The Kier molecular flexibility index (Phi) is 5.91. The van der Waals surface area contributed by atoms with Gasteiger partial charge in [-0.15, -0.1) is 0 Å². The fourth-order valence-corrected chi connectivity index (χ4v) is 3.87. The number of hydrogen-bond acceptors (Lipinski definition) is 4. The first-order valence-electron chi connectivity index (χ1n) is 9.51. The molecule has 0 atom stereocenters. The van der Waals surface area contributed by atoms with Gasteiger partial charge in [-0.1, -0.05) is 26.2 Å². The van der Waals surface area contributed by atoms with E-state index in [1.54, 1.807) is 18.3 Å². The quantitative estimate of drug-likeness (QED) is 0.794. The molecule has 1 amide bonds. The van der Waals surface area contributed by atoms with Crippen molar-refractivity contribution >= 4 is 5.91 Å². The molecule has 2 aliphatic rings. The van der Waals surface area contributed by atoms with Crippen molar-refractivity contribution in [3.05, 3.63) is 23.9 Å². The molecule has 1 aromatic rings. The summed E-state index contributed by atoms with van der Waals surface area (Å²) in [5.41, 5.74) is 0.442. The smallest absolute Gasteiger partial charge is 0.232 e. The van der Waals surface area contributed by atoms with Crippen molar-refractivity contribution in [2.45, 2.75) is 58.0 Å². The van der Waals surface area contributed by atoms with Gasteiger partial charge in [-0.2, -0.15) is 5.26 Å². The Labute approximate surface area is 150 Å². The van der Waals surface area contributed by atoms with E-state index in [4.69, 9.17) is 10.00 Å². The summed E-state index contributed by atoms with van der Waals surface area (Å²) < 4.78 is 5.77. The molecule has 25 heavy (non-hydrogen) atoms. The molecule has 1 saturated carbocycles. The van der Waals surface area contributed by atoms with Crippen molar-refractivity contribution in [1.82, 2.24) is 9.88 Å². The normalized spacial score (nSPS) is 23.6. The van der Waals surface area contributed by atoms with Crippen LogP contribution in [0.5, 0.6) is 5.88 Å². The zero-order chi connectivity index (χ0) is 17.6. The summed E-state index contributed by atoms with van der Waals surface area (Å²) in [6.45, 7) is 3.45. The fraction of sp³-hybridized carbons (Fsp3) is 0.650. The lowest BCUT2D eigenvalue weighted by Gasteiger charge is -2.41. The highest BCUT2D eigenvalue weighted by Gasteiger charge is 2.37. The maximum absolute atomic E-state index is 12.6. The Balaban J connectivity index is 1.42. The predicted octanol–water partition coefficient (Wildman–Crippen LogP) is 3.54. The summed E-state index contributed by atoms with van der Waals surface area (Å²) in [7, 11) is 0. The lowest BCUT2D eigenvalue weighted by Crippen LogP contribution is -2.58. The number of ether oxygens (including phenoxy) is 1. The molecule has 1 aliphatic carbocycles. The molecule has 2 fully saturated rings. The molecule has 1 aromatic heterocycles. The van der Waals surface area contributed by atoms with E-state index >= 15 is 0 Å². The lowest BCUT2D eigenvalue weighted by atomic mass is 9.79. The van der Waals surface area contributed by atoms with E-state index in [0.29, 0.717) is 24.5 Å². The van der Waals surface area contributed by atoms with Crippen LogP contribution in [0.3, 0.4) is 0 Å². The summed E-state index contributed by atoms with van der Waals surface area (Å²) in [6, 6.07) is 5.50. The van der Waals surface area contributed by atoms with Gasteiger partial charge in [0.15, 0.2) is 0 Å². The van der Waals surface area contributed by atoms with Crippen LogP contribution in [0.25, 0.3) is 0 Å². The van der Waals surface area contributed by atoms with Crippen LogP contribution in [0.1, 0.15) is 57.4 Å². The van der Waals surface area contributed by atoms with E-state index in [-0.39, 0.29) is 17.9 Å². The van der Waals surface area contributed by atoms with Crippen LogP contribution >= 0.6 is 0 Å². The van der Waals surface area contributed by atoms with Gasteiger partial charge >= 0.3 is 0 Å². The molecule has 5 heteroatoms. The number of hydrogen-bond donors (Lipinski definition) is 0. The van der Waals surface area contributed by atoms with Gasteiger partial charge in [0.05, 0.1) is 13.1 Å². The monoisotopic (exact) mass is 341 g/mol. The highest BCUT2D eigenvalue weighted by atomic mass is 16.5. The SMILES string of the molecule is CCCCC1CCC(C(=O)N2CC(Oc3ncccc3C#N)C2)CC1. The van der Waals surface area contributed by atoms with Crippen LogP contribution in [-0.2, 0) is 4.79 Å². The molecule has 5 nitrogen and oxygen atoms in total. The number of carbonyl (C=O) groups excluding carboxylic acids is 1. The molecule has 1 saturated heterocycles. The van der Waals surface area contributed by atoms with Crippen molar-refractivity contribution < 1.29 is 9.53 Å². The van der Waals surface area contributed by atoms with Gasteiger partial charge in [-0.25, -0.2) is 4.98 Å². The molecule has 0 unspecified atom stereocenters. The molecule has 3 rings (SSSR count). The van der Waals surface area contributed by atoms with Gasteiger partial charge in [0.1, 0.15) is 17.7 Å². The molecular formula is C20H27N3O2. The first-order chi connectivity index (χ1) is 12.2. The fourth-order valence-electron chi connectivity index (χ4n) is 3.87. The Morgan fingerprint density at radius 3 is 2.80 bits per heavy atom. The Morgan fingerprint density at radius 1 is 1.36 bits per heavy atom.